The first-order valence-electron chi connectivity index (χ1n) is 10.5. The minimum Gasteiger partial charge on any atom is -0.493 e. The summed E-state index contributed by atoms with van der Waals surface area (Å²) in [7, 11) is 0. The highest BCUT2D eigenvalue weighted by atomic mass is 79.9. The second-order valence-corrected chi connectivity index (χ2v) is 8.55. The Labute approximate surface area is 211 Å². The minimum atomic E-state index is -0.460. The molecule has 3 aromatic carbocycles. The van der Waals surface area contributed by atoms with Crippen LogP contribution < -0.4 is 25.6 Å². The molecule has 0 unspecified atom stereocenters. The Balaban J connectivity index is 1.40. The molecular weight excluding hydrogens is 518 g/mol. The SMILES string of the molecule is Cc1ccc(OCC(=O)NNC(=S)NC(=O)c2cccc(OCCc3ccccc3)c2)c(Br)c1. The van der Waals surface area contributed by atoms with Crippen LogP contribution >= 0.6 is 28.1 Å². The molecular formula is C25H24BrN3O4S. The van der Waals surface area contributed by atoms with Crippen molar-refractivity contribution in [3.05, 3.63) is 94.0 Å². The predicted octanol–water partition coefficient (Wildman–Crippen LogP) is 4.09. The number of thiocarbonyl (C=S) groups is 1. The summed E-state index contributed by atoms with van der Waals surface area (Å²) in [5, 5.41) is 2.46. The van der Waals surface area contributed by atoms with Gasteiger partial charge in [-0.3, -0.25) is 25.8 Å². The number of amides is 2. The molecule has 0 fully saturated rings. The third kappa shape index (κ3) is 8.17. The maximum Gasteiger partial charge on any atom is 0.276 e. The fourth-order valence-corrected chi connectivity index (χ4v) is 3.65. The summed E-state index contributed by atoms with van der Waals surface area (Å²) in [5.41, 5.74) is 7.49. The van der Waals surface area contributed by atoms with Gasteiger partial charge in [-0.25, -0.2) is 0 Å². The molecule has 0 heterocycles. The van der Waals surface area contributed by atoms with Gasteiger partial charge in [-0.05, 0) is 76.5 Å². The van der Waals surface area contributed by atoms with E-state index in [0.717, 1.165) is 16.5 Å². The van der Waals surface area contributed by atoms with E-state index >= 15 is 0 Å². The summed E-state index contributed by atoms with van der Waals surface area (Å²) in [5.74, 6) is 0.232. The Morgan fingerprint density at radius 3 is 2.50 bits per heavy atom. The monoisotopic (exact) mass is 541 g/mol. The Morgan fingerprint density at radius 1 is 0.941 bits per heavy atom. The van der Waals surface area contributed by atoms with Crippen LogP contribution in [0.25, 0.3) is 0 Å². The Bertz CT molecular complexity index is 1160. The molecule has 0 aliphatic carbocycles. The molecule has 7 nitrogen and oxygen atoms in total. The van der Waals surface area contributed by atoms with Gasteiger partial charge in [0.05, 0.1) is 11.1 Å². The van der Waals surface area contributed by atoms with E-state index in [1.54, 1.807) is 30.3 Å². The summed E-state index contributed by atoms with van der Waals surface area (Å²) < 4.78 is 12.0. The number of rotatable bonds is 8. The van der Waals surface area contributed by atoms with Gasteiger partial charge in [-0.2, -0.15) is 0 Å². The topological polar surface area (TPSA) is 88.7 Å². The molecule has 176 valence electrons. The van der Waals surface area contributed by atoms with E-state index in [9.17, 15) is 9.59 Å². The summed E-state index contributed by atoms with van der Waals surface area (Å²) in [6.45, 7) is 2.21. The van der Waals surface area contributed by atoms with Crippen LogP contribution in [-0.4, -0.2) is 30.1 Å². The lowest BCUT2D eigenvalue weighted by Gasteiger charge is -2.12. The van der Waals surface area contributed by atoms with Gasteiger partial charge in [0.15, 0.2) is 11.7 Å². The highest BCUT2D eigenvalue weighted by Crippen LogP contribution is 2.25. The first-order chi connectivity index (χ1) is 16.4. The number of hydrazine groups is 1. The van der Waals surface area contributed by atoms with Gasteiger partial charge in [0.1, 0.15) is 11.5 Å². The van der Waals surface area contributed by atoms with Crippen LogP contribution in [0.2, 0.25) is 0 Å². The second kappa shape index (κ2) is 12.7. The fourth-order valence-electron chi connectivity index (χ4n) is 2.89. The number of benzene rings is 3. The third-order valence-corrected chi connectivity index (χ3v) is 5.41. The van der Waals surface area contributed by atoms with Crippen molar-refractivity contribution in [1.29, 1.82) is 0 Å². The predicted molar refractivity (Wildman–Crippen MR) is 138 cm³/mol. The molecule has 0 saturated carbocycles. The van der Waals surface area contributed by atoms with E-state index < -0.39 is 11.8 Å². The third-order valence-electron chi connectivity index (χ3n) is 4.59. The van der Waals surface area contributed by atoms with Gasteiger partial charge in [0.25, 0.3) is 11.8 Å². The summed E-state index contributed by atoms with van der Waals surface area (Å²) in [6, 6.07) is 22.3. The van der Waals surface area contributed by atoms with E-state index in [-0.39, 0.29) is 11.7 Å². The molecule has 3 aromatic rings. The normalized spacial score (nSPS) is 10.2. The van der Waals surface area contributed by atoms with E-state index in [2.05, 4.69) is 32.1 Å². The van der Waals surface area contributed by atoms with E-state index in [1.807, 2.05) is 49.4 Å². The minimum absolute atomic E-state index is 0.0507. The molecule has 9 heteroatoms. The fraction of sp³-hybridized carbons (Fsp3) is 0.160. The van der Waals surface area contributed by atoms with Crippen molar-refractivity contribution in [3.8, 4) is 11.5 Å². The lowest BCUT2D eigenvalue weighted by molar-refractivity contribution is -0.123. The summed E-state index contributed by atoms with van der Waals surface area (Å²) >= 11 is 8.47. The van der Waals surface area contributed by atoms with Gasteiger partial charge < -0.3 is 9.47 Å². The van der Waals surface area contributed by atoms with Gasteiger partial charge in [0.2, 0.25) is 0 Å². The number of halogens is 1. The molecule has 0 bridgehead atoms. The first-order valence-corrected chi connectivity index (χ1v) is 11.7. The zero-order valence-corrected chi connectivity index (χ0v) is 20.9. The molecule has 0 radical (unpaired) electrons. The lowest BCUT2D eigenvalue weighted by atomic mass is 10.2. The molecule has 0 spiro atoms. The van der Waals surface area contributed by atoms with Crippen molar-refractivity contribution in [2.45, 2.75) is 13.3 Å². The summed E-state index contributed by atoms with van der Waals surface area (Å²) in [6.07, 6.45) is 0.759. The molecule has 2 amide bonds. The zero-order chi connectivity index (χ0) is 24.3. The van der Waals surface area contributed by atoms with Crippen LogP contribution in [0.1, 0.15) is 21.5 Å². The molecule has 3 rings (SSSR count). The van der Waals surface area contributed by atoms with Crippen molar-refractivity contribution >= 4 is 45.1 Å². The number of hydrogen-bond donors (Lipinski definition) is 3. The maximum absolute atomic E-state index is 12.5. The molecule has 0 aliphatic heterocycles. The Kier molecular flexibility index (Phi) is 9.42. The van der Waals surface area contributed by atoms with Crippen molar-refractivity contribution in [2.24, 2.45) is 0 Å². The average molecular weight is 542 g/mol. The zero-order valence-electron chi connectivity index (χ0n) is 18.5. The number of carbonyl (C=O) groups is 2. The Hall–Kier alpha value is -3.43. The van der Waals surface area contributed by atoms with Crippen LogP contribution in [0.3, 0.4) is 0 Å². The molecule has 0 saturated heterocycles. The number of ether oxygens (including phenoxy) is 2. The van der Waals surface area contributed by atoms with E-state index in [1.165, 1.54) is 5.56 Å². The van der Waals surface area contributed by atoms with E-state index in [0.29, 0.717) is 23.7 Å². The number of nitrogens with one attached hydrogen (secondary N) is 3. The molecule has 34 heavy (non-hydrogen) atoms. The molecule has 0 aliphatic rings. The smallest absolute Gasteiger partial charge is 0.276 e. The first kappa shape index (κ1) is 25.2. The number of hydrogen-bond acceptors (Lipinski definition) is 5. The van der Waals surface area contributed by atoms with Crippen LogP contribution in [0.4, 0.5) is 0 Å². The highest BCUT2D eigenvalue weighted by Gasteiger charge is 2.11. The van der Waals surface area contributed by atoms with Crippen LogP contribution in [0.15, 0.2) is 77.3 Å². The molecule has 3 N–H and O–H groups in total. The van der Waals surface area contributed by atoms with Gasteiger partial charge in [-0.1, -0.05) is 42.5 Å². The van der Waals surface area contributed by atoms with Crippen molar-refractivity contribution in [3.63, 3.8) is 0 Å². The quantitative estimate of drug-likeness (QED) is 0.294. The standard InChI is InChI=1S/C25H24BrN3O4S/c1-17-10-11-22(21(26)14-17)33-16-23(30)28-29-25(34)27-24(31)19-8-5-9-20(15-19)32-13-12-18-6-3-2-4-7-18/h2-11,14-15H,12-13,16H2,1H3,(H,28,30)(H2,27,29,31,34). The Morgan fingerprint density at radius 2 is 1.74 bits per heavy atom. The van der Waals surface area contributed by atoms with Crippen LogP contribution in [-0.2, 0) is 11.2 Å². The lowest BCUT2D eigenvalue weighted by Crippen LogP contribution is -2.49. The number of aryl methyl sites for hydroxylation is 1. The maximum atomic E-state index is 12.5. The van der Waals surface area contributed by atoms with Gasteiger partial charge in [0, 0.05) is 12.0 Å². The van der Waals surface area contributed by atoms with E-state index in [4.69, 9.17) is 21.7 Å². The molecule has 0 atom stereocenters. The van der Waals surface area contributed by atoms with Crippen molar-refractivity contribution in [2.75, 3.05) is 13.2 Å². The van der Waals surface area contributed by atoms with Gasteiger partial charge in [-0.15, -0.1) is 0 Å². The van der Waals surface area contributed by atoms with Crippen molar-refractivity contribution < 1.29 is 19.1 Å². The van der Waals surface area contributed by atoms with Crippen LogP contribution in [0, 0.1) is 6.92 Å². The highest BCUT2D eigenvalue weighted by molar-refractivity contribution is 9.10. The molecule has 0 aromatic heterocycles. The van der Waals surface area contributed by atoms with Crippen LogP contribution in [0.5, 0.6) is 11.5 Å². The largest absolute Gasteiger partial charge is 0.493 e. The summed E-state index contributed by atoms with van der Waals surface area (Å²) in [4.78, 5) is 24.5. The second-order valence-electron chi connectivity index (χ2n) is 7.29. The van der Waals surface area contributed by atoms with Crippen molar-refractivity contribution in [1.82, 2.24) is 16.2 Å². The average Bonchev–Trinajstić information content (AvgIpc) is 2.83. The van der Waals surface area contributed by atoms with Gasteiger partial charge >= 0.3 is 0 Å². The number of carbonyl (C=O) groups excluding carboxylic acids is 2.